The van der Waals surface area contributed by atoms with E-state index in [1.807, 2.05) is 5.38 Å². The lowest BCUT2D eigenvalue weighted by atomic mass is 10.2. The van der Waals surface area contributed by atoms with E-state index >= 15 is 0 Å². The molecule has 1 aliphatic heterocycles. The van der Waals surface area contributed by atoms with E-state index in [9.17, 15) is 14.0 Å². The third kappa shape index (κ3) is 3.50. The molecule has 0 aliphatic carbocycles. The molecule has 8 heteroatoms. The predicted molar refractivity (Wildman–Crippen MR) is 112 cm³/mol. The van der Waals surface area contributed by atoms with Gasteiger partial charge >= 0.3 is 0 Å². The molecule has 5 nitrogen and oxygen atoms in total. The molecule has 2 aromatic carbocycles. The molecule has 146 valence electrons. The van der Waals surface area contributed by atoms with Crippen molar-refractivity contribution in [3.63, 3.8) is 0 Å². The van der Waals surface area contributed by atoms with E-state index in [-0.39, 0.29) is 17.0 Å². The zero-order chi connectivity index (χ0) is 20.5. The highest BCUT2D eigenvalue weighted by Gasteiger charge is 2.42. The highest BCUT2D eigenvalue weighted by Crippen LogP contribution is 2.40. The molecular formula is C21H14ClFN2O3S. The van der Waals surface area contributed by atoms with Crippen LogP contribution in [0.15, 0.2) is 65.7 Å². The van der Waals surface area contributed by atoms with Crippen LogP contribution in [0.5, 0.6) is 5.75 Å². The topological polar surface area (TPSA) is 58.6 Å². The van der Waals surface area contributed by atoms with Gasteiger partial charge in [0.25, 0.3) is 11.8 Å². The van der Waals surface area contributed by atoms with Crippen LogP contribution in [0.25, 0.3) is 5.57 Å². The van der Waals surface area contributed by atoms with Gasteiger partial charge in [-0.3, -0.25) is 9.59 Å². The van der Waals surface area contributed by atoms with Gasteiger partial charge in [-0.05, 0) is 47.8 Å². The Kier molecular flexibility index (Phi) is 5.08. The minimum Gasteiger partial charge on any atom is -0.495 e. The number of carbonyl (C=O) groups excluding carboxylic acids is 2. The van der Waals surface area contributed by atoms with Crippen LogP contribution in [-0.2, 0) is 9.59 Å². The number of nitrogens with one attached hydrogen (secondary N) is 1. The number of ether oxygens (including phenoxy) is 1. The Morgan fingerprint density at radius 1 is 1.07 bits per heavy atom. The van der Waals surface area contributed by atoms with Gasteiger partial charge in [-0.2, -0.15) is 0 Å². The molecule has 0 unspecified atom stereocenters. The number of thiophene rings is 1. The molecule has 1 aliphatic rings. The fraction of sp³-hybridized carbons (Fsp3) is 0.0476. The van der Waals surface area contributed by atoms with Crippen molar-refractivity contribution in [3.05, 3.63) is 81.4 Å². The van der Waals surface area contributed by atoms with Crippen LogP contribution in [-0.4, -0.2) is 18.9 Å². The second-order valence-corrected chi connectivity index (χ2v) is 7.51. The minimum absolute atomic E-state index is 0.0603. The Balaban J connectivity index is 1.84. The fourth-order valence-corrected chi connectivity index (χ4v) is 4.00. The Labute approximate surface area is 175 Å². The molecule has 3 aromatic rings. The third-order valence-corrected chi connectivity index (χ3v) is 5.45. The minimum atomic E-state index is -0.580. The maximum Gasteiger partial charge on any atom is 0.282 e. The number of benzene rings is 2. The second-order valence-electron chi connectivity index (χ2n) is 6.12. The van der Waals surface area contributed by atoms with Crippen LogP contribution >= 0.6 is 22.9 Å². The van der Waals surface area contributed by atoms with Gasteiger partial charge in [0, 0.05) is 15.6 Å². The van der Waals surface area contributed by atoms with Crippen molar-refractivity contribution >= 4 is 51.7 Å². The number of hydrogen-bond donors (Lipinski definition) is 1. The standard InChI is InChI=1S/C21H14ClFN2O3S/c1-28-16-8-7-12(22)10-15(16)25-20(26)18(17-6-3-9-29-17)19(21(25)27)24-14-5-2-4-13(23)11-14/h2-11,24H,1H3. The first-order valence-corrected chi connectivity index (χ1v) is 9.78. The van der Waals surface area contributed by atoms with Gasteiger partial charge in [-0.1, -0.05) is 23.7 Å². The monoisotopic (exact) mass is 428 g/mol. The van der Waals surface area contributed by atoms with E-state index in [2.05, 4.69) is 5.32 Å². The quantitative estimate of drug-likeness (QED) is 0.584. The zero-order valence-corrected chi connectivity index (χ0v) is 16.7. The summed E-state index contributed by atoms with van der Waals surface area (Å²) in [5.74, 6) is -1.23. The summed E-state index contributed by atoms with van der Waals surface area (Å²) in [6.07, 6.45) is 0. The van der Waals surface area contributed by atoms with Crippen LogP contribution in [0.3, 0.4) is 0 Å². The first-order chi connectivity index (χ1) is 14.0. The number of carbonyl (C=O) groups is 2. The van der Waals surface area contributed by atoms with Crippen molar-refractivity contribution < 1.29 is 18.7 Å². The van der Waals surface area contributed by atoms with E-state index in [0.717, 1.165) is 4.90 Å². The van der Waals surface area contributed by atoms with Crippen LogP contribution in [0.2, 0.25) is 5.02 Å². The first kappa shape index (κ1) is 19.2. The van der Waals surface area contributed by atoms with Gasteiger partial charge in [0.05, 0.1) is 18.4 Å². The summed E-state index contributed by atoms with van der Waals surface area (Å²) in [5.41, 5.74) is 0.858. The number of rotatable bonds is 5. The lowest BCUT2D eigenvalue weighted by molar-refractivity contribution is -0.120. The molecule has 0 atom stereocenters. The largest absolute Gasteiger partial charge is 0.495 e. The number of halogens is 2. The van der Waals surface area contributed by atoms with Crippen molar-refractivity contribution in [3.8, 4) is 5.75 Å². The molecule has 1 N–H and O–H groups in total. The molecule has 0 radical (unpaired) electrons. The van der Waals surface area contributed by atoms with Crippen molar-refractivity contribution in [1.29, 1.82) is 0 Å². The number of imide groups is 1. The van der Waals surface area contributed by atoms with Crippen LogP contribution in [0.1, 0.15) is 4.88 Å². The van der Waals surface area contributed by atoms with E-state index in [1.165, 1.54) is 42.7 Å². The number of anilines is 2. The lowest BCUT2D eigenvalue weighted by Crippen LogP contribution is -2.32. The highest BCUT2D eigenvalue weighted by atomic mass is 35.5. The van der Waals surface area contributed by atoms with Gasteiger partial charge in [0.1, 0.15) is 17.3 Å². The first-order valence-electron chi connectivity index (χ1n) is 8.52. The van der Waals surface area contributed by atoms with Gasteiger partial charge < -0.3 is 10.1 Å². The van der Waals surface area contributed by atoms with Crippen molar-refractivity contribution in [2.45, 2.75) is 0 Å². The summed E-state index contributed by atoms with van der Waals surface area (Å²) in [6, 6.07) is 13.9. The normalized spacial score (nSPS) is 14.0. The molecule has 2 amide bonds. The van der Waals surface area contributed by atoms with Gasteiger partial charge in [0.2, 0.25) is 0 Å². The van der Waals surface area contributed by atoms with Crippen molar-refractivity contribution in [2.24, 2.45) is 0 Å². The number of amides is 2. The molecule has 0 bridgehead atoms. The average Bonchev–Trinajstić information content (AvgIpc) is 3.29. The van der Waals surface area contributed by atoms with E-state index in [1.54, 1.807) is 30.3 Å². The Morgan fingerprint density at radius 2 is 1.90 bits per heavy atom. The Hall–Kier alpha value is -3.16. The Morgan fingerprint density at radius 3 is 2.59 bits per heavy atom. The van der Waals surface area contributed by atoms with E-state index in [0.29, 0.717) is 21.3 Å². The predicted octanol–water partition coefficient (Wildman–Crippen LogP) is 4.95. The molecule has 0 fully saturated rings. The molecule has 1 aromatic heterocycles. The highest BCUT2D eigenvalue weighted by molar-refractivity contribution is 7.11. The molecular weight excluding hydrogens is 415 g/mol. The van der Waals surface area contributed by atoms with Crippen LogP contribution < -0.4 is 15.0 Å². The van der Waals surface area contributed by atoms with E-state index in [4.69, 9.17) is 16.3 Å². The smallest absolute Gasteiger partial charge is 0.282 e. The maximum absolute atomic E-state index is 13.6. The number of nitrogens with zero attached hydrogens (tertiary/aromatic N) is 1. The third-order valence-electron chi connectivity index (χ3n) is 4.33. The molecule has 29 heavy (non-hydrogen) atoms. The van der Waals surface area contributed by atoms with Crippen LogP contribution in [0.4, 0.5) is 15.8 Å². The molecule has 0 spiro atoms. The zero-order valence-electron chi connectivity index (χ0n) is 15.1. The summed E-state index contributed by atoms with van der Waals surface area (Å²) >= 11 is 7.42. The molecule has 0 saturated heterocycles. The van der Waals surface area contributed by atoms with Crippen molar-refractivity contribution in [1.82, 2.24) is 0 Å². The maximum atomic E-state index is 13.6. The molecule has 4 rings (SSSR count). The van der Waals surface area contributed by atoms with E-state index < -0.39 is 17.6 Å². The summed E-state index contributed by atoms with van der Waals surface area (Å²) in [7, 11) is 1.44. The van der Waals surface area contributed by atoms with Crippen LogP contribution in [0, 0.1) is 5.82 Å². The Bertz CT molecular complexity index is 1140. The van der Waals surface area contributed by atoms with Gasteiger partial charge in [0.15, 0.2) is 0 Å². The fourth-order valence-electron chi connectivity index (χ4n) is 3.06. The second kappa shape index (κ2) is 7.69. The summed E-state index contributed by atoms with van der Waals surface area (Å²) < 4.78 is 18.9. The average molecular weight is 429 g/mol. The summed E-state index contributed by atoms with van der Waals surface area (Å²) in [4.78, 5) is 28.2. The van der Waals surface area contributed by atoms with Gasteiger partial charge in [-0.25, -0.2) is 9.29 Å². The number of methoxy groups -OCH3 is 1. The number of hydrogen-bond acceptors (Lipinski definition) is 5. The SMILES string of the molecule is COc1ccc(Cl)cc1N1C(=O)C(Nc2cccc(F)c2)=C(c2cccs2)C1=O. The van der Waals surface area contributed by atoms with Gasteiger partial charge in [-0.15, -0.1) is 11.3 Å². The summed E-state index contributed by atoms with van der Waals surface area (Å²) in [5, 5.41) is 5.07. The lowest BCUT2D eigenvalue weighted by Gasteiger charge is -2.18. The molecule has 0 saturated carbocycles. The van der Waals surface area contributed by atoms with Crippen molar-refractivity contribution in [2.75, 3.05) is 17.3 Å². The summed E-state index contributed by atoms with van der Waals surface area (Å²) in [6.45, 7) is 0. The molecule has 2 heterocycles.